The lowest BCUT2D eigenvalue weighted by molar-refractivity contribution is 0.368. The highest BCUT2D eigenvalue weighted by atomic mass is 28.1. The van der Waals surface area contributed by atoms with Crippen LogP contribution in [0.3, 0.4) is 0 Å². The molecule has 0 saturated heterocycles. The topological polar surface area (TPSA) is 3.24 Å². The van der Waals surface area contributed by atoms with Gasteiger partial charge < -0.3 is 4.90 Å². The van der Waals surface area contributed by atoms with Gasteiger partial charge in [0.1, 0.15) is 0 Å². The summed E-state index contributed by atoms with van der Waals surface area (Å²) in [6, 6.07) is 0. The van der Waals surface area contributed by atoms with Gasteiger partial charge in [-0.2, -0.15) is 0 Å². The van der Waals surface area contributed by atoms with Crippen molar-refractivity contribution in [2.45, 2.75) is 19.0 Å². The van der Waals surface area contributed by atoms with Gasteiger partial charge in [-0.15, -0.1) is 0 Å². The van der Waals surface area contributed by atoms with Crippen molar-refractivity contribution in [2.75, 3.05) is 14.1 Å². The zero-order valence-electron chi connectivity index (χ0n) is 5.23. The SMILES string of the molecule is CCC([Si])N(C)C. The van der Waals surface area contributed by atoms with Crippen LogP contribution in [0.4, 0.5) is 0 Å². The lowest BCUT2D eigenvalue weighted by Crippen LogP contribution is -2.26. The summed E-state index contributed by atoms with van der Waals surface area (Å²) in [6.45, 7) is 2.15. The van der Waals surface area contributed by atoms with E-state index in [1.54, 1.807) is 0 Å². The molecule has 0 aromatic heterocycles. The number of hydrogen-bond donors (Lipinski definition) is 0. The molecule has 1 unspecified atom stereocenters. The van der Waals surface area contributed by atoms with Crippen LogP contribution in [0.15, 0.2) is 0 Å². The Balaban J connectivity index is 3.14. The summed E-state index contributed by atoms with van der Waals surface area (Å²) >= 11 is 0. The highest BCUT2D eigenvalue weighted by Crippen LogP contribution is 1.89. The summed E-state index contributed by atoms with van der Waals surface area (Å²) in [7, 11) is 7.63. The number of nitrogens with zero attached hydrogens (tertiary/aromatic N) is 1. The van der Waals surface area contributed by atoms with E-state index in [9.17, 15) is 0 Å². The first-order valence-electron chi connectivity index (χ1n) is 2.56. The first-order valence-corrected chi connectivity index (χ1v) is 3.13. The Morgan fingerprint density at radius 2 is 2.00 bits per heavy atom. The molecule has 0 spiro atoms. The molecule has 0 aliphatic heterocycles. The fourth-order valence-corrected chi connectivity index (χ4v) is 0.365. The molecule has 0 rings (SSSR count). The van der Waals surface area contributed by atoms with Crippen LogP contribution in [0, 0.1) is 0 Å². The normalized spacial score (nSPS) is 15.0. The Hall–Kier alpha value is 0.177. The van der Waals surface area contributed by atoms with E-state index in [-0.39, 0.29) is 0 Å². The molecule has 0 bridgehead atoms. The van der Waals surface area contributed by atoms with Gasteiger partial charge in [-0.3, -0.25) is 0 Å². The second kappa shape index (κ2) is 3.21. The van der Waals surface area contributed by atoms with Crippen LogP contribution in [0.25, 0.3) is 0 Å². The summed E-state index contributed by atoms with van der Waals surface area (Å²) < 4.78 is 0. The monoisotopic (exact) mass is 114 g/mol. The Labute approximate surface area is 49.1 Å². The minimum atomic E-state index is 0.542. The van der Waals surface area contributed by atoms with Gasteiger partial charge in [-0.1, -0.05) is 6.92 Å². The molecule has 0 N–H and O–H groups in total. The molecule has 0 saturated carbocycles. The Morgan fingerprint density at radius 1 is 1.57 bits per heavy atom. The van der Waals surface area contributed by atoms with Crippen LogP contribution in [0.2, 0.25) is 0 Å². The second-order valence-electron chi connectivity index (χ2n) is 1.89. The first-order chi connectivity index (χ1) is 3.18. The zero-order valence-corrected chi connectivity index (χ0v) is 6.23. The number of rotatable bonds is 2. The van der Waals surface area contributed by atoms with Crippen molar-refractivity contribution in [1.29, 1.82) is 0 Å². The second-order valence-corrected chi connectivity index (χ2v) is 2.55. The van der Waals surface area contributed by atoms with Gasteiger partial charge in [0.05, 0.1) is 0 Å². The molecule has 1 nitrogen and oxygen atoms in total. The standard InChI is InChI=1S/C5H12NSi/c1-4-5(7)6(2)3/h5H,4H2,1-3H3. The molecule has 7 heavy (non-hydrogen) atoms. The molecule has 0 aromatic carbocycles. The molecule has 41 valence electrons. The minimum absolute atomic E-state index is 0.542. The summed E-state index contributed by atoms with van der Waals surface area (Å²) in [4.78, 5) is 2.14. The van der Waals surface area contributed by atoms with Crippen LogP contribution in [0.1, 0.15) is 13.3 Å². The van der Waals surface area contributed by atoms with E-state index >= 15 is 0 Å². The van der Waals surface area contributed by atoms with E-state index in [2.05, 4.69) is 36.2 Å². The lowest BCUT2D eigenvalue weighted by Gasteiger charge is -2.16. The van der Waals surface area contributed by atoms with Crippen molar-refractivity contribution in [3.63, 3.8) is 0 Å². The average molecular weight is 114 g/mol. The molecule has 0 fully saturated rings. The molecular formula is C5H12NSi. The fraction of sp³-hybridized carbons (Fsp3) is 1.00. The predicted molar refractivity (Wildman–Crippen MR) is 33.5 cm³/mol. The fourth-order valence-electron chi connectivity index (χ4n) is 0.365. The van der Waals surface area contributed by atoms with Crippen LogP contribution in [-0.2, 0) is 0 Å². The third-order valence-corrected chi connectivity index (χ3v) is 1.93. The highest BCUT2D eigenvalue weighted by molar-refractivity contribution is 6.11. The van der Waals surface area contributed by atoms with Crippen LogP contribution in [0.5, 0.6) is 0 Å². The van der Waals surface area contributed by atoms with Gasteiger partial charge in [0.15, 0.2) is 0 Å². The van der Waals surface area contributed by atoms with E-state index in [4.69, 9.17) is 0 Å². The van der Waals surface area contributed by atoms with Gasteiger partial charge in [0, 0.05) is 10.2 Å². The maximum Gasteiger partial charge on any atom is 0.0479 e. The van der Waals surface area contributed by atoms with Gasteiger partial charge >= 0.3 is 0 Å². The lowest BCUT2D eigenvalue weighted by atomic mass is 10.4. The van der Waals surface area contributed by atoms with E-state index in [0.29, 0.717) is 5.67 Å². The predicted octanol–water partition coefficient (Wildman–Crippen LogP) is 0.453. The first kappa shape index (κ1) is 7.18. The van der Waals surface area contributed by atoms with Gasteiger partial charge in [-0.25, -0.2) is 0 Å². The Kier molecular flexibility index (Phi) is 3.30. The van der Waals surface area contributed by atoms with Crippen molar-refractivity contribution in [1.82, 2.24) is 4.90 Å². The van der Waals surface area contributed by atoms with Crippen LogP contribution < -0.4 is 0 Å². The quantitative estimate of drug-likeness (QED) is 0.471. The van der Waals surface area contributed by atoms with E-state index in [1.807, 2.05) is 0 Å². The summed E-state index contributed by atoms with van der Waals surface area (Å²) in [5, 5.41) is 0. The summed E-state index contributed by atoms with van der Waals surface area (Å²) in [5.74, 6) is 0. The largest absolute Gasteiger partial charge is 0.310 e. The Morgan fingerprint density at radius 3 is 2.00 bits per heavy atom. The summed E-state index contributed by atoms with van der Waals surface area (Å²) in [5.41, 5.74) is 0.542. The summed E-state index contributed by atoms with van der Waals surface area (Å²) in [6.07, 6.45) is 1.16. The molecule has 3 radical (unpaired) electrons. The van der Waals surface area contributed by atoms with Crippen molar-refractivity contribution in [2.24, 2.45) is 0 Å². The molecule has 0 aromatic rings. The van der Waals surface area contributed by atoms with Crippen LogP contribution >= 0.6 is 0 Å². The smallest absolute Gasteiger partial charge is 0.0479 e. The molecule has 2 heteroatoms. The molecule has 0 aliphatic rings. The van der Waals surface area contributed by atoms with Crippen molar-refractivity contribution >= 4 is 10.2 Å². The minimum Gasteiger partial charge on any atom is -0.310 e. The molecule has 0 aliphatic carbocycles. The molecule has 0 heterocycles. The van der Waals surface area contributed by atoms with E-state index in [1.165, 1.54) is 0 Å². The molecule has 1 atom stereocenters. The maximum absolute atomic E-state index is 3.51. The van der Waals surface area contributed by atoms with Crippen molar-refractivity contribution in [3.05, 3.63) is 0 Å². The maximum atomic E-state index is 3.51. The van der Waals surface area contributed by atoms with E-state index < -0.39 is 0 Å². The third kappa shape index (κ3) is 2.82. The Bertz CT molecular complexity index is 45.3. The molecule has 0 amide bonds. The average Bonchev–Trinajstić information content (AvgIpc) is 1.65. The van der Waals surface area contributed by atoms with Crippen molar-refractivity contribution in [3.8, 4) is 0 Å². The van der Waals surface area contributed by atoms with Gasteiger partial charge in [0.25, 0.3) is 0 Å². The van der Waals surface area contributed by atoms with Crippen LogP contribution in [-0.4, -0.2) is 34.9 Å². The zero-order chi connectivity index (χ0) is 5.86. The van der Waals surface area contributed by atoms with Gasteiger partial charge in [-0.05, 0) is 26.2 Å². The van der Waals surface area contributed by atoms with Crippen molar-refractivity contribution < 1.29 is 0 Å². The molecular weight excluding hydrogens is 102 g/mol. The highest BCUT2D eigenvalue weighted by Gasteiger charge is 1.97. The number of hydrogen-bond acceptors (Lipinski definition) is 1. The van der Waals surface area contributed by atoms with Gasteiger partial charge in [0.2, 0.25) is 0 Å². The van der Waals surface area contributed by atoms with E-state index in [0.717, 1.165) is 6.42 Å². The third-order valence-electron chi connectivity index (χ3n) is 1.01.